The fraction of sp³-hybridized carbons (Fsp3) is 0.500. The van der Waals surface area contributed by atoms with Crippen molar-refractivity contribution in [3.63, 3.8) is 0 Å². The van der Waals surface area contributed by atoms with E-state index in [0.717, 1.165) is 41.5 Å². The highest BCUT2D eigenvalue weighted by atomic mass is 16.6. The van der Waals surface area contributed by atoms with Crippen LogP contribution in [-0.4, -0.2) is 37.4 Å². The molecule has 2 aromatic carbocycles. The number of esters is 2. The molecule has 204 valence electrons. The monoisotopic (exact) mass is 520 g/mol. The highest BCUT2D eigenvalue weighted by molar-refractivity contribution is 5.99. The predicted molar refractivity (Wildman–Crippen MR) is 149 cm³/mol. The first-order chi connectivity index (χ1) is 18.0. The molecule has 5 unspecified atom stereocenters. The molecular weight excluding hydrogens is 480 g/mol. The molecule has 1 saturated carbocycles. The van der Waals surface area contributed by atoms with Crippen LogP contribution >= 0.6 is 0 Å². The van der Waals surface area contributed by atoms with Crippen LogP contribution in [0.2, 0.25) is 0 Å². The average Bonchev–Trinajstić information content (AvgIpc) is 3.37. The van der Waals surface area contributed by atoms with Crippen LogP contribution in [0.15, 0.2) is 42.5 Å². The molecule has 0 amide bonds. The molecular formula is C32H40O6. The van der Waals surface area contributed by atoms with Crippen LogP contribution in [0, 0.1) is 5.92 Å². The van der Waals surface area contributed by atoms with E-state index < -0.39 is 24.1 Å². The summed E-state index contributed by atoms with van der Waals surface area (Å²) in [4.78, 5) is 24.1. The molecule has 5 atom stereocenters. The topological polar surface area (TPSA) is 71.1 Å². The first-order valence-electron chi connectivity index (χ1n) is 13.6. The smallest absolute Gasteiger partial charge is 0.333 e. The molecule has 0 heterocycles. The quantitative estimate of drug-likeness (QED) is 0.240. The van der Waals surface area contributed by atoms with Crippen LogP contribution in [0.3, 0.4) is 0 Å². The molecule has 6 heteroatoms. The van der Waals surface area contributed by atoms with Crippen molar-refractivity contribution in [1.29, 1.82) is 0 Å². The van der Waals surface area contributed by atoms with Crippen LogP contribution in [0.4, 0.5) is 0 Å². The minimum atomic E-state index is -0.422. The average molecular weight is 521 g/mol. The molecule has 2 aliphatic rings. The number of carbonyl (C=O) groups excluding carboxylic acids is 2. The number of aryl methyl sites for hydroxylation is 1. The largest absolute Gasteiger partial charge is 0.489 e. The lowest BCUT2D eigenvalue weighted by Gasteiger charge is -2.27. The third-order valence-corrected chi connectivity index (χ3v) is 7.82. The number of benzene rings is 2. The SMILES string of the molecule is C=C(C)C(=O)OC(C)COc1c2c(c(OCC(C)OC(=O)C(=C)C)c3c(CC)cccc13)C1CCC2C1C. The molecule has 1 fully saturated rings. The van der Waals surface area contributed by atoms with E-state index in [0.29, 0.717) is 28.9 Å². The van der Waals surface area contributed by atoms with Gasteiger partial charge >= 0.3 is 11.9 Å². The lowest BCUT2D eigenvalue weighted by atomic mass is 9.85. The molecule has 0 aromatic heterocycles. The van der Waals surface area contributed by atoms with E-state index in [4.69, 9.17) is 18.9 Å². The van der Waals surface area contributed by atoms with Crippen molar-refractivity contribution in [2.24, 2.45) is 5.92 Å². The fourth-order valence-electron chi connectivity index (χ4n) is 5.93. The molecule has 6 nitrogen and oxygen atoms in total. The second-order valence-electron chi connectivity index (χ2n) is 10.9. The Hall–Kier alpha value is -3.28. The van der Waals surface area contributed by atoms with Gasteiger partial charge in [0, 0.05) is 33.0 Å². The molecule has 0 N–H and O–H groups in total. The van der Waals surface area contributed by atoms with E-state index in [2.05, 4.69) is 45.2 Å². The molecule has 2 bridgehead atoms. The van der Waals surface area contributed by atoms with E-state index in [1.165, 1.54) is 16.7 Å². The Bertz CT molecular complexity index is 1270. The number of carbonyl (C=O) groups is 2. The summed E-state index contributed by atoms with van der Waals surface area (Å²) in [6.07, 6.45) is 2.22. The zero-order valence-electron chi connectivity index (χ0n) is 23.5. The lowest BCUT2D eigenvalue weighted by Crippen LogP contribution is -2.24. The lowest BCUT2D eigenvalue weighted by molar-refractivity contribution is -0.145. The van der Waals surface area contributed by atoms with Crippen LogP contribution in [0.25, 0.3) is 10.8 Å². The molecule has 0 aliphatic heterocycles. The van der Waals surface area contributed by atoms with E-state index in [1.54, 1.807) is 13.8 Å². The van der Waals surface area contributed by atoms with Gasteiger partial charge < -0.3 is 18.9 Å². The van der Waals surface area contributed by atoms with Gasteiger partial charge in [-0.2, -0.15) is 0 Å². The minimum Gasteiger partial charge on any atom is -0.489 e. The molecule has 0 spiro atoms. The number of fused-ring (bicyclic) bond motifs is 6. The van der Waals surface area contributed by atoms with Crippen molar-refractivity contribution in [1.82, 2.24) is 0 Å². The highest BCUT2D eigenvalue weighted by Crippen LogP contribution is 2.64. The van der Waals surface area contributed by atoms with E-state index in [9.17, 15) is 9.59 Å². The molecule has 2 aliphatic carbocycles. The molecule has 0 saturated heterocycles. The third kappa shape index (κ3) is 5.18. The van der Waals surface area contributed by atoms with Crippen LogP contribution < -0.4 is 9.47 Å². The summed E-state index contributed by atoms with van der Waals surface area (Å²) < 4.78 is 24.1. The van der Waals surface area contributed by atoms with Gasteiger partial charge in [0.25, 0.3) is 0 Å². The maximum absolute atomic E-state index is 12.1. The maximum atomic E-state index is 12.1. The number of ether oxygens (including phenoxy) is 4. The Kier molecular flexibility index (Phi) is 8.19. The summed E-state index contributed by atoms with van der Waals surface area (Å²) in [7, 11) is 0. The zero-order valence-corrected chi connectivity index (χ0v) is 23.5. The maximum Gasteiger partial charge on any atom is 0.333 e. The van der Waals surface area contributed by atoms with Crippen molar-refractivity contribution in [3.05, 3.63) is 59.2 Å². The van der Waals surface area contributed by atoms with Gasteiger partial charge in [-0.1, -0.05) is 45.2 Å². The first kappa shape index (κ1) is 27.7. The van der Waals surface area contributed by atoms with E-state index >= 15 is 0 Å². The van der Waals surface area contributed by atoms with Crippen molar-refractivity contribution in [2.75, 3.05) is 13.2 Å². The van der Waals surface area contributed by atoms with Crippen LogP contribution in [-0.2, 0) is 25.5 Å². The van der Waals surface area contributed by atoms with Gasteiger partial charge in [-0.15, -0.1) is 0 Å². The predicted octanol–water partition coefficient (Wildman–Crippen LogP) is 6.79. The number of hydrogen-bond acceptors (Lipinski definition) is 6. The van der Waals surface area contributed by atoms with Crippen LogP contribution in [0.1, 0.15) is 82.9 Å². The summed E-state index contributed by atoms with van der Waals surface area (Å²) in [5.41, 5.74) is 4.35. The second-order valence-corrected chi connectivity index (χ2v) is 10.9. The summed E-state index contributed by atoms with van der Waals surface area (Å²) in [6, 6.07) is 6.27. The molecule has 0 radical (unpaired) electrons. The summed E-state index contributed by atoms with van der Waals surface area (Å²) in [5, 5.41) is 2.05. The van der Waals surface area contributed by atoms with Gasteiger partial charge in [-0.3, -0.25) is 0 Å². The van der Waals surface area contributed by atoms with Gasteiger partial charge in [0.2, 0.25) is 0 Å². The van der Waals surface area contributed by atoms with Crippen molar-refractivity contribution in [2.45, 2.75) is 84.8 Å². The Morgan fingerprint density at radius 2 is 1.39 bits per heavy atom. The molecule has 2 aromatic rings. The van der Waals surface area contributed by atoms with E-state index in [1.807, 2.05) is 13.8 Å². The van der Waals surface area contributed by atoms with Gasteiger partial charge in [0.05, 0.1) is 0 Å². The zero-order chi connectivity index (χ0) is 27.7. The summed E-state index contributed by atoms with van der Waals surface area (Å²) in [6.45, 7) is 19.2. The number of rotatable bonds is 11. The van der Waals surface area contributed by atoms with Crippen molar-refractivity contribution < 1.29 is 28.5 Å². The fourth-order valence-corrected chi connectivity index (χ4v) is 5.93. The highest BCUT2D eigenvalue weighted by Gasteiger charge is 2.48. The first-order valence-corrected chi connectivity index (χ1v) is 13.6. The number of hydrogen-bond donors (Lipinski definition) is 0. The normalized spacial score (nSPS) is 20.9. The second kappa shape index (κ2) is 11.2. The summed E-state index contributed by atoms with van der Waals surface area (Å²) in [5.74, 6) is 2.18. The van der Waals surface area contributed by atoms with E-state index in [-0.39, 0.29) is 13.2 Å². The third-order valence-electron chi connectivity index (χ3n) is 7.82. The van der Waals surface area contributed by atoms with Gasteiger partial charge in [-0.25, -0.2) is 9.59 Å². The molecule has 4 rings (SSSR count). The van der Waals surface area contributed by atoms with Gasteiger partial charge in [0.15, 0.2) is 0 Å². The van der Waals surface area contributed by atoms with Gasteiger partial charge in [0.1, 0.15) is 36.9 Å². The summed E-state index contributed by atoms with van der Waals surface area (Å²) >= 11 is 0. The minimum absolute atomic E-state index is 0.247. The Balaban J connectivity index is 1.76. The Morgan fingerprint density at radius 3 is 1.89 bits per heavy atom. The standard InChI is InChI=1S/C32H40O6/c1-9-22-11-10-12-25-26(22)30(36-16-20(7)38-32(34)18(4)5)28-24-14-13-23(21(24)8)27(28)29(25)35-15-19(6)37-31(33)17(2)3/h10-12,19-21,23-24H,2,4,9,13-16H2,1,3,5-8H3. The van der Waals surface area contributed by atoms with Gasteiger partial charge in [-0.05, 0) is 70.3 Å². The van der Waals surface area contributed by atoms with Crippen molar-refractivity contribution >= 4 is 22.7 Å². The molecule has 38 heavy (non-hydrogen) atoms. The van der Waals surface area contributed by atoms with Crippen LogP contribution in [0.5, 0.6) is 11.5 Å². The Morgan fingerprint density at radius 1 is 0.895 bits per heavy atom. The Labute approximate surface area is 226 Å². The van der Waals surface area contributed by atoms with Crippen molar-refractivity contribution in [3.8, 4) is 11.5 Å².